The number of piperidine rings is 1. The van der Waals surface area contributed by atoms with Gasteiger partial charge in [-0.15, -0.1) is 0 Å². The quantitative estimate of drug-likeness (QED) is 0.613. The van der Waals surface area contributed by atoms with Crippen molar-refractivity contribution in [1.29, 1.82) is 0 Å². The molecule has 2 fully saturated rings. The van der Waals surface area contributed by atoms with Gasteiger partial charge >= 0.3 is 6.03 Å². The van der Waals surface area contributed by atoms with E-state index < -0.39 is 28.0 Å². The topological polar surface area (TPSA) is 96.8 Å². The largest absolute Gasteiger partial charge is 0.355 e. The van der Waals surface area contributed by atoms with Crippen molar-refractivity contribution in [2.75, 3.05) is 31.6 Å². The number of benzene rings is 2. The predicted molar refractivity (Wildman–Crippen MR) is 123 cm³/mol. The van der Waals surface area contributed by atoms with Crippen LogP contribution in [0.25, 0.3) is 5.69 Å². The number of ether oxygens (including phenoxy) is 1. The van der Waals surface area contributed by atoms with Crippen LogP contribution in [0.5, 0.6) is 0 Å². The fourth-order valence-electron chi connectivity index (χ4n) is 4.50. The standard InChI is InChI=1S/C23H24FN5O4S/c24-21-17-27(22(30)26-19-9-4-5-10-20(19)28-13-6-12-25-28)14-11-23(21)29(15-16-33-23)34(31,32)18-7-2-1-3-8-18/h1-10,12-13,21H,11,14-17H2,(H,26,30). The van der Waals surface area contributed by atoms with Crippen molar-refractivity contribution in [2.45, 2.75) is 23.2 Å². The molecular formula is C23H24FN5O4S. The number of sulfonamides is 1. The van der Waals surface area contributed by atoms with Gasteiger partial charge in [0.25, 0.3) is 0 Å². The molecular weight excluding hydrogens is 461 g/mol. The van der Waals surface area contributed by atoms with Crippen molar-refractivity contribution in [3.05, 3.63) is 73.1 Å². The molecule has 11 heteroatoms. The number of carbonyl (C=O) groups excluding carboxylic acids is 1. The number of hydrogen-bond donors (Lipinski definition) is 1. The van der Waals surface area contributed by atoms with Crippen molar-refractivity contribution in [1.82, 2.24) is 19.0 Å². The van der Waals surface area contributed by atoms with Crippen molar-refractivity contribution in [2.24, 2.45) is 0 Å². The van der Waals surface area contributed by atoms with Gasteiger partial charge in [-0.3, -0.25) is 0 Å². The summed E-state index contributed by atoms with van der Waals surface area (Å²) in [5.74, 6) is 0. The SMILES string of the molecule is O=C(Nc1ccccc1-n1cccn1)N1CCC2(OCCN2S(=O)(=O)c2ccccc2)C(F)C1. The third-order valence-electron chi connectivity index (χ3n) is 6.19. The normalized spacial score (nSPS) is 23.3. The molecule has 2 amide bonds. The van der Waals surface area contributed by atoms with E-state index in [0.29, 0.717) is 11.4 Å². The predicted octanol–water partition coefficient (Wildman–Crippen LogP) is 2.87. The van der Waals surface area contributed by atoms with Crippen molar-refractivity contribution in [3.63, 3.8) is 0 Å². The fraction of sp³-hybridized carbons (Fsp3) is 0.304. The van der Waals surface area contributed by atoms with Crippen molar-refractivity contribution in [3.8, 4) is 5.69 Å². The maximum absolute atomic E-state index is 15.6. The number of carbonyl (C=O) groups is 1. The molecule has 2 unspecified atom stereocenters. The molecule has 5 rings (SSSR count). The first-order valence-electron chi connectivity index (χ1n) is 10.9. The molecule has 2 atom stereocenters. The number of para-hydroxylation sites is 2. The van der Waals surface area contributed by atoms with Gasteiger partial charge in [-0.25, -0.2) is 22.3 Å². The third kappa shape index (κ3) is 3.85. The summed E-state index contributed by atoms with van der Waals surface area (Å²) >= 11 is 0. The van der Waals surface area contributed by atoms with E-state index >= 15 is 4.39 Å². The van der Waals surface area contributed by atoms with Gasteiger partial charge in [-0.05, 0) is 30.3 Å². The molecule has 0 radical (unpaired) electrons. The molecule has 3 heterocycles. The van der Waals surface area contributed by atoms with Crippen LogP contribution in [0, 0.1) is 0 Å². The first-order chi connectivity index (χ1) is 16.4. The molecule has 0 aliphatic carbocycles. The summed E-state index contributed by atoms with van der Waals surface area (Å²) in [5, 5.41) is 7.02. The minimum atomic E-state index is -3.96. The van der Waals surface area contributed by atoms with Gasteiger partial charge in [0, 0.05) is 31.9 Å². The Balaban J connectivity index is 1.33. The fourth-order valence-corrected chi connectivity index (χ4v) is 6.24. The summed E-state index contributed by atoms with van der Waals surface area (Å²) in [5.41, 5.74) is -0.430. The number of nitrogens with zero attached hydrogens (tertiary/aromatic N) is 4. The van der Waals surface area contributed by atoms with Crippen LogP contribution >= 0.6 is 0 Å². The molecule has 0 saturated carbocycles. The summed E-state index contributed by atoms with van der Waals surface area (Å²) in [6, 6.07) is 16.4. The minimum Gasteiger partial charge on any atom is -0.355 e. The van der Waals surface area contributed by atoms with Crippen LogP contribution in [-0.4, -0.2) is 71.6 Å². The second-order valence-corrected chi connectivity index (χ2v) is 10.0. The van der Waals surface area contributed by atoms with Crippen molar-refractivity contribution < 1.29 is 22.3 Å². The van der Waals surface area contributed by atoms with Gasteiger partial charge in [0.15, 0.2) is 11.9 Å². The van der Waals surface area contributed by atoms with Crippen LogP contribution in [0.15, 0.2) is 78.0 Å². The number of rotatable bonds is 4. The smallest absolute Gasteiger partial charge is 0.322 e. The molecule has 2 aliphatic rings. The second kappa shape index (κ2) is 8.82. The highest BCUT2D eigenvalue weighted by atomic mass is 32.2. The zero-order valence-electron chi connectivity index (χ0n) is 18.2. The summed E-state index contributed by atoms with van der Waals surface area (Å²) in [6.07, 6.45) is 1.70. The van der Waals surface area contributed by atoms with Crippen LogP contribution in [0.2, 0.25) is 0 Å². The first-order valence-corrected chi connectivity index (χ1v) is 12.4. The lowest BCUT2D eigenvalue weighted by molar-refractivity contribution is -0.134. The molecule has 34 heavy (non-hydrogen) atoms. The molecule has 3 aromatic rings. The Morgan fingerprint density at radius 1 is 1.09 bits per heavy atom. The number of alkyl halides is 1. The van der Waals surface area contributed by atoms with Gasteiger partial charge in [0.1, 0.15) is 0 Å². The van der Waals surface area contributed by atoms with E-state index in [9.17, 15) is 13.2 Å². The zero-order valence-corrected chi connectivity index (χ0v) is 19.1. The van der Waals surface area contributed by atoms with Crippen LogP contribution in [0.4, 0.5) is 14.9 Å². The van der Waals surface area contributed by atoms with E-state index in [1.165, 1.54) is 17.0 Å². The van der Waals surface area contributed by atoms with E-state index in [2.05, 4.69) is 10.4 Å². The molecule has 2 aliphatic heterocycles. The molecule has 2 aromatic carbocycles. The Morgan fingerprint density at radius 2 is 1.85 bits per heavy atom. The van der Waals surface area contributed by atoms with Gasteiger partial charge in [-0.1, -0.05) is 30.3 Å². The number of amides is 2. The molecule has 0 bridgehead atoms. The van der Waals surface area contributed by atoms with E-state index in [1.807, 2.05) is 12.1 Å². The number of aromatic nitrogens is 2. The molecule has 1 spiro atoms. The van der Waals surface area contributed by atoms with Gasteiger partial charge in [-0.2, -0.15) is 9.40 Å². The number of nitrogens with one attached hydrogen (secondary N) is 1. The number of hydrogen-bond acceptors (Lipinski definition) is 5. The van der Waals surface area contributed by atoms with Gasteiger partial charge in [0.05, 0.1) is 29.4 Å². The Bertz CT molecular complexity index is 1270. The average molecular weight is 486 g/mol. The highest BCUT2D eigenvalue weighted by Crippen LogP contribution is 2.40. The number of urea groups is 1. The zero-order chi connectivity index (χ0) is 23.8. The van der Waals surface area contributed by atoms with Crippen LogP contribution < -0.4 is 5.32 Å². The first kappa shape index (κ1) is 22.5. The van der Waals surface area contributed by atoms with E-state index in [0.717, 1.165) is 4.31 Å². The highest BCUT2D eigenvalue weighted by Gasteiger charge is 2.57. The molecule has 178 valence electrons. The molecule has 1 N–H and O–H groups in total. The van der Waals surface area contributed by atoms with E-state index in [1.54, 1.807) is 53.5 Å². The van der Waals surface area contributed by atoms with Gasteiger partial charge in [0.2, 0.25) is 10.0 Å². The Hall–Kier alpha value is -3.28. The minimum absolute atomic E-state index is 0.0223. The third-order valence-corrected chi connectivity index (χ3v) is 8.13. The van der Waals surface area contributed by atoms with Gasteiger partial charge < -0.3 is 15.0 Å². The number of likely N-dealkylation sites (tertiary alicyclic amines) is 1. The lowest BCUT2D eigenvalue weighted by atomic mass is 9.99. The maximum atomic E-state index is 15.6. The Kier molecular flexibility index (Phi) is 5.84. The summed E-state index contributed by atoms with van der Waals surface area (Å²) in [6.45, 7) is -0.00933. The number of anilines is 1. The lowest BCUT2D eigenvalue weighted by Crippen LogP contribution is -2.63. The number of halogens is 1. The summed E-state index contributed by atoms with van der Waals surface area (Å²) < 4.78 is 50.6. The van der Waals surface area contributed by atoms with E-state index in [-0.39, 0.29) is 37.6 Å². The van der Waals surface area contributed by atoms with Crippen molar-refractivity contribution >= 4 is 21.7 Å². The summed E-state index contributed by atoms with van der Waals surface area (Å²) in [7, 11) is -3.96. The van der Waals surface area contributed by atoms with Crippen LogP contribution in [-0.2, 0) is 14.8 Å². The highest BCUT2D eigenvalue weighted by molar-refractivity contribution is 7.89. The second-order valence-electron chi connectivity index (χ2n) is 8.14. The Labute approximate surface area is 196 Å². The molecule has 1 aromatic heterocycles. The molecule has 2 saturated heterocycles. The average Bonchev–Trinajstić information content (AvgIpc) is 3.53. The monoisotopic (exact) mass is 485 g/mol. The van der Waals surface area contributed by atoms with E-state index in [4.69, 9.17) is 4.74 Å². The molecule has 9 nitrogen and oxygen atoms in total. The maximum Gasteiger partial charge on any atom is 0.322 e. The Morgan fingerprint density at radius 3 is 2.59 bits per heavy atom. The van der Waals surface area contributed by atoms with Crippen LogP contribution in [0.1, 0.15) is 6.42 Å². The lowest BCUT2D eigenvalue weighted by Gasteiger charge is -2.44. The summed E-state index contributed by atoms with van der Waals surface area (Å²) in [4.78, 5) is 14.4. The van der Waals surface area contributed by atoms with Crippen LogP contribution in [0.3, 0.4) is 0 Å².